The van der Waals surface area contributed by atoms with Crippen molar-refractivity contribution < 1.29 is 59.4 Å². The van der Waals surface area contributed by atoms with Crippen molar-refractivity contribution in [3.63, 3.8) is 0 Å². The number of hydrogen-bond donors (Lipinski definition) is 0. The molecule has 0 bridgehead atoms. The molecule has 0 aliphatic heterocycles. The van der Waals surface area contributed by atoms with Crippen LogP contribution >= 0.6 is 0 Å². The van der Waals surface area contributed by atoms with Gasteiger partial charge in [-0.05, 0) is 30.2 Å². The van der Waals surface area contributed by atoms with Gasteiger partial charge in [0.15, 0.2) is 0 Å². The van der Waals surface area contributed by atoms with E-state index in [4.69, 9.17) is 0 Å². The zero-order valence-electron chi connectivity index (χ0n) is 14.1. The summed E-state index contributed by atoms with van der Waals surface area (Å²) in [6, 6.07) is 13.1. The van der Waals surface area contributed by atoms with E-state index in [0.717, 1.165) is 29.8 Å². The number of benzene rings is 3. The minimum absolute atomic E-state index is 0. The zero-order chi connectivity index (χ0) is 18.9. The molecule has 27 heavy (non-hydrogen) atoms. The van der Waals surface area contributed by atoms with Gasteiger partial charge in [-0.3, -0.25) is 0 Å². The molecule has 0 saturated carbocycles. The molecule has 0 unspecified atom stereocenters. The summed E-state index contributed by atoms with van der Waals surface area (Å²) >= 11 is 0. The number of halogens is 5. The van der Waals surface area contributed by atoms with Crippen LogP contribution < -0.4 is 4.74 Å². The van der Waals surface area contributed by atoms with Crippen molar-refractivity contribution in [3.8, 4) is 16.9 Å². The van der Waals surface area contributed by atoms with Crippen LogP contribution in [-0.2, 0) is 38.8 Å². The average Bonchev–Trinajstić information content (AvgIpc) is 2.54. The van der Waals surface area contributed by atoms with Crippen molar-refractivity contribution >= 4 is 0 Å². The summed E-state index contributed by atoms with van der Waals surface area (Å²) in [5.41, 5.74) is -0.00931. The molecule has 0 fully saturated rings. The van der Waals surface area contributed by atoms with E-state index in [9.17, 15) is 22.0 Å². The van der Waals surface area contributed by atoms with Gasteiger partial charge in [0.25, 0.3) is 0 Å². The Kier molecular flexibility index (Phi) is 6.76. The summed E-state index contributed by atoms with van der Waals surface area (Å²) in [5.74, 6) is -4.44. The van der Waals surface area contributed by atoms with Crippen molar-refractivity contribution in [2.24, 2.45) is 0 Å². The quantitative estimate of drug-likeness (QED) is 0.348. The smallest absolute Gasteiger partial charge is 0.430 e. The van der Waals surface area contributed by atoms with Gasteiger partial charge in [-0.25, -0.2) is 13.2 Å². The van der Waals surface area contributed by atoms with Gasteiger partial charge < -0.3 is 4.74 Å². The van der Waals surface area contributed by atoms with Gasteiger partial charge in [-0.2, -0.15) is 14.8 Å². The number of rotatable bonds is 4. The van der Waals surface area contributed by atoms with Crippen molar-refractivity contribution in [1.82, 2.24) is 0 Å². The molecule has 0 spiro atoms. The molecule has 0 saturated heterocycles. The Balaban J connectivity index is 0.00000261. The molecular formula is C20H12F5OY-. The molecule has 0 amide bonds. The molecular weight excluding hydrogens is 440 g/mol. The normalized spacial score (nSPS) is 11.0. The maximum Gasteiger partial charge on any atom is 0.430 e. The van der Waals surface area contributed by atoms with E-state index < -0.39 is 34.9 Å². The molecule has 1 radical (unpaired) electrons. The number of aryl methyl sites for hydroxylation is 1. The van der Waals surface area contributed by atoms with Crippen LogP contribution in [0.1, 0.15) is 11.1 Å². The summed E-state index contributed by atoms with van der Waals surface area (Å²) in [7, 11) is 0. The van der Waals surface area contributed by atoms with Gasteiger partial charge >= 0.3 is 6.11 Å². The molecule has 0 aliphatic carbocycles. The Hall–Kier alpha value is -1.79. The van der Waals surface area contributed by atoms with Gasteiger partial charge in [0.1, 0.15) is 17.2 Å². The van der Waals surface area contributed by atoms with Crippen molar-refractivity contribution in [1.29, 1.82) is 0 Å². The molecule has 7 heteroatoms. The first kappa shape index (κ1) is 21.5. The summed E-state index contributed by atoms with van der Waals surface area (Å²) in [4.78, 5) is 0. The molecule has 0 heterocycles. The SMILES string of the molecule is Cc1ccc(-c2cc(F)c(C(F)(F)Oc3cc[c-]c(F)c3)c(F)c2)cc1.[Y]. The fourth-order valence-corrected chi connectivity index (χ4v) is 2.44. The zero-order valence-corrected chi connectivity index (χ0v) is 16.9. The first-order valence-corrected chi connectivity index (χ1v) is 7.57. The molecule has 137 valence electrons. The maximum atomic E-state index is 14.3. The van der Waals surface area contributed by atoms with Crippen LogP contribution in [0.4, 0.5) is 22.0 Å². The minimum atomic E-state index is -4.33. The third kappa shape index (κ3) is 4.93. The van der Waals surface area contributed by atoms with Crippen molar-refractivity contribution in [3.05, 3.63) is 89.2 Å². The maximum absolute atomic E-state index is 14.3. The summed E-state index contributed by atoms with van der Waals surface area (Å²) < 4.78 is 74.4. The number of hydrogen-bond acceptors (Lipinski definition) is 1. The van der Waals surface area contributed by atoms with E-state index in [1.807, 2.05) is 6.92 Å². The second-order valence-corrected chi connectivity index (χ2v) is 5.67. The van der Waals surface area contributed by atoms with Crippen LogP contribution in [0.15, 0.2) is 54.6 Å². The van der Waals surface area contributed by atoms with Crippen molar-refractivity contribution in [2.45, 2.75) is 13.0 Å². The van der Waals surface area contributed by atoms with Gasteiger partial charge in [-0.1, -0.05) is 35.9 Å². The van der Waals surface area contributed by atoms with Crippen LogP contribution in [0.2, 0.25) is 0 Å². The summed E-state index contributed by atoms with van der Waals surface area (Å²) in [6.07, 6.45) is -4.33. The second-order valence-electron chi connectivity index (χ2n) is 5.67. The molecule has 3 aromatic carbocycles. The van der Waals surface area contributed by atoms with Crippen LogP contribution in [0, 0.1) is 30.4 Å². The average molecular weight is 452 g/mol. The van der Waals surface area contributed by atoms with Crippen molar-refractivity contribution in [2.75, 3.05) is 0 Å². The van der Waals surface area contributed by atoms with Crippen LogP contribution in [0.5, 0.6) is 5.75 Å². The Labute approximate surface area is 178 Å². The fourth-order valence-electron chi connectivity index (χ4n) is 2.44. The standard InChI is InChI=1S/C20H12F5O.Y/c1-12-5-7-13(8-6-12)14-9-17(22)19(18(23)10-14)20(24,25)26-16-4-2-3-15(21)11-16;/h2,4-11H,1H3;/q-1;. The van der Waals surface area contributed by atoms with E-state index >= 15 is 0 Å². The Morgan fingerprint density at radius 2 is 1.44 bits per heavy atom. The third-order valence-electron chi connectivity index (χ3n) is 3.70. The molecule has 0 aliphatic rings. The monoisotopic (exact) mass is 452 g/mol. The minimum Gasteiger partial charge on any atom is -0.455 e. The topological polar surface area (TPSA) is 9.23 Å². The third-order valence-corrected chi connectivity index (χ3v) is 3.70. The van der Waals surface area contributed by atoms with E-state index in [2.05, 4.69) is 10.8 Å². The number of alkyl halides is 2. The summed E-state index contributed by atoms with van der Waals surface area (Å²) in [5, 5.41) is 0. The molecule has 0 N–H and O–H groups in total. The van der Waals surface area contributed by atoms with Crippen LogP contribution in [-0.4, -0.2) is 0 Å². The molecule has 0 aromatic heterocycles. The predicted molar refractivity (Wildman–Crippen MR) is 86.3 cm³/mol. The fraction of sp³-hybridized carbons (Fsp3) is 0.100. The largest absolute Gasteiger partial charge is 0.455 e. The summed E-state index contributed by atoms with van der Waals surface area (Å²) in [6.45, 7) is 1.84. The van der Waals surface area contributed by atoms with Crippen LogP contribution in [0.25, 0.3) is 11.1 Å². The van der Waals surface area contributed by atoms with Gasteiger partial charge in [0.2, 0.25) is 0 Å². The second kappa shape index (κ2) is 8.49. The Morgan fingerprint density at radius 1 is 0.852 bits per heavy atom. The van der Waals surface area contributed by atoms with E-state index in [0.29, 0.717) is 11.6 Å². The van der Waals surface area contributed by atoms with Gasteiger partial charge in [-0.15, -0.1) is 12.1 Å². The van der Waals surface area contributed by atoms with Gasteiger partial charge in [0, 0.05) is 44.3 Å². The Bertz CT molecular complexity index is 918. The molecule has 0 atom stereocenters. The van der Waals surface area contributed by atoms with Gasteiger partial charge in [0.05, 0.1) is 0 Å². The molecule has 3 aromatic rings. The molecule has 1 nitrogen and oxygen atoms in total. The number of ether oxygens (including phenoxy) is 1. The molecule has 3 rings (SSSR count). The predicted octanol–water partition coefficient (Wildman–Crippen LogP) is 6.01. The van der Waals surface area contributed by atoms with Crippen LogP contribution in [0.3, 0.4) is 0 Å². The first-order chi connectivity index (χ1) is 12.3. The van der Waals surface area contributed by atoms with E-state index in [1.165, 1.54) is 0 Å². The Morgan fingerprint density at radius 3 is 2.00 bits per heavy atom. The van der Waals surface area contributed by atoms with E-state index in [1.54, 1.807) is 24.3 Å². The first-order valence-electron chi connectivity index (χ1n) is 7.57. The van der Waals surface area contributed by atoms with E-state index in [-0.39, 0.29) is 38.3 Å².